The van der Waals surface area contributed by atoms with Crippen LogP contribution in [-0.4, -0.2) is 7.05 Å². The highest BCUT2D eigenvalue weighted by Gasteiger charge is 2.15. The standard InChI is InChI=1S/C14H17NO/c1-11-8-9-16-14(11)13(15-2)10-12-6-4-3-5-7-12/h3-9,13,15H,10H2,1-2H3. The van der Waals surface area contributed by atoms with Gasteiger partial charge in [-0.05, 0) is 37.6 Å². The first-order valence-corrected chi connectivity index (χ1v) is 5.56. The number of hydrogen-bond donors (Lipinski definition) is 1. The highest BCUT2D eigenvalue weighted by Crippen LogP contribution is 2.22. The van der Waals surface area contributed by atoms with Crippen LogP contribution in [0.4, 0.5) is 0 Å². The summed E-state index contributed by atoms with van der Waals surface area (Å²) < 4.78 is 5.53. The summed E-state index contributed by atoms with van der Waals surface area (Å²) in [6.07, 6.45) is 2.70. The summed E-state index contributed by atoms with van der Waals surface area (Å²) in [5, 5.41) is 3.30. The van der Waals surface area contributed by atoms with Gasteiger partial charge in [0.1, 0.15) is 5.76 Å². The van der Waals surface area contributed by atoms with Crippen molar-refractivity contribution in [2.24, 2.45) is 0 Å². The van der Waals surface area contributed by atoms with E-state index in [0.29, 0.717) is 0 Å². The molecule has 0 spiro atoms. The van der Waals surface area contributed by atoms with E-state index in [-0.39, 0.29) is 6.04 Å². The third-order valence-corrected chi connectivity index (χ3v) is 2.85. The van der Waals surface area contributed by atoms with Crippen LogP contribution in [0.1, 0.15) is 22.9 Å². The lowest BCUT2D eigenvalue weighted by Crippen LogP contribution is -2.18. The Labute approximate surface area is 96.3 Å². The molecule has 0 bridgehead atoms. The van der Waals surface area contributed by atoms with Crippen molar-refractivity contribution >= 4 is 0 Å². The monoisotopic (exact) mass is 215 g/mol. The van der Waals surface area contributed by atoms with Crippen LogP contribution in [0.2, 0.25) is 0 Å². The molecule has 2 rings (SSSR count). The van der Waals surface area contributed by atoms with E-state index in [1.807, 2.05) is 19.2 Å². The van der Waals surface area contributed by atoms with Gasteiger partial charge in [-0.3, -0.25) is 0 Å². The molecule has 1 aromatic carbocycles. The van der Waals surface area contributed by atoms with E-state index < -0.39 is 0 Å². The lowest BCUT2D eigenvalue weighted by Gasteiger charge is -2.14. The molecule has 0 amide bonds. The second-order valence-corrected chi connectivity index (χ2v) is 4.00. The molecule has 0 aliphatic carbocycles. The van der Waals surface area contributed by atoms with Gasteiger partial charge in [-0.15, -0.1) is 0 Å². The Bertz CT molecular complexity index is 433. The van der Waals surface area contributed by atoms with Gasteiger partial charge in [-0.1, -0.05) is 30.3 Å². The van der Waals surface area contributed by atoms with Crippen LogP contribution in [0.15, 0.2) is 47.1 Å². The van der Waals surface area contributed by atoms with E-state index in [2.05, 4.69) is 36.5 Å². The van der Waals surface area contributed by atoms with Crippen molar-refractivity contribution in [2.75, 3.05) is 7.05 Å². The fraction of sp³-hybridized carbons (Fsp3) is 0.286. The van der Waals surface area contributed by atoms with Crippen LogP contribution < -0.4 is 5.32 Å². The summed E-state index contributed by atoms with van der Waals surface area (Å²) in [6.45, 7) is 2.08. The molecule has 1 atom stereocenters. The van der Waals surface area contributed by atoms with Crippen molar-refractivity contribution in [1.29, 1.82) is 0 Å². The summed E-state index contributed by atoms with van der Waals surface area (Å²) in [4.78, 5) is 0. The molecule has 1 N–H and O–H groups in total. The maximum Gasteiger partial charge on any atom is 0.123 e. The van der Waals surface area contributed by atoms with Crippen LogP contribution >= 0.6 is 0 Å². The number of likely N-dealkylation sites (N-methyl/N-ethyl adjacent to an activating group) is 1. The van der Waals surface area contributed by atoms with Crippen molar-refractivity contribution < 1.29 is 4.42 Å². The third-order valence-electron chi connectivity index (χ3n) is 2.85. The van der Waals surface area contributed by atoms with Gasteiger partial charge in [0.05, 0.1) is 12.3 Å². The van der Waals surface area contributed by atoms with Crippen LogP contribution in [0.5, 0.6) is 0 Å². The first kappa shape index (κ1) is 11.0. The fourth-order valence-corrected chi connectivity index (χ4v) is 1.92. The molecule has 0 radical (unpaired) electrons. The molecule has 0 saturated heterocycles. The van der Waals surface area contributed by atoms with Crippen molar-refractivity contribution in [2.45, 2.75) is 19.4 Å². The molecule has 0 saturated carbocycles. The smallest absolute Gasteiger partial charge is 0.123 e. The molecule has 2 heteroatoms. The van der Waals surface area contributed by atoms with Gasteiger partial charge in [0, 0.05) is 0 Å². The molecule has 2 aromatic rings. The average molecular weight is 215 g/mol. The summed E-state index contributed by atoms with van der Waals surface area (Å²) in [6, 6.07) is 12.7. The zero-order chi connectivity index (χ0) is 11.4. The molecule has 0 aliphatic rings. The minimum Gasteiger partial charge on any atom is -0.467 e. The molecular formula is C14H17NO. The topological polar surface area (TPSA) is 25.2 Å². The maximum atomic E-state index is 5.53. The highest BCUT2D eigenvalue weighted by molar-refractivity contribution is 5.22. The zero-order valence-electron chi connectivity index (χ0n) is 9.73. The lowest BCUT2D eigenvalue weighted by molar-refractivity contribution is 0.426. The van der Waals surface area contributed by atoms with Gasteiger partial charge in [0.15, 0.2) is 0 Å². The zero-order valence-corrected chi connectivity index (χ0v) is 9.73. The second kappa shape index (κ2) is 4.99. The number of furan rings is 1. The van der Waals surface area contributed by atoms with Gasteiger partial charge in [0.2, 0.25) is 0 Å². The molecule has 1 aromatic heterocycles. The first-order chi connectivity index (χ1) is 7.81. The number of hydrogen-bond acceptors (Lipinski definition) is 2. The Balaban J connectivity index is 2.16. The molecule has 2 nitrogen and oxygen atoms in total. The quantitative estimate of drug-likeness (QED) is 0.847. The Kier molecular flexibility index (Phi) is 3.42. The summed E-state index contributed by atoms with van der Waals surface area (Å²) >= 11 is 0. The number of nitrogens with one attached hydrogen (secondary N) is 1. The van der Waals surface area contributed by atoms with Crippen LogP contribution in [0.3, 0.4) is 0 Å². The van der Waals surface area contributed by atoms with E-state index in [1.54, 1.807) is 6.26 Å². The molecular weight excluding hydrogens is 198 g/mol. The third kappa shape index (κ3) is 2.34. The van der Waals surface area contributed by atoms with Gasteiger partial charge in [-0.2, -0.15) is 0 Å². The molecule has 1 heterocycles. The molecule has 0 fully saturated rings. The normalized spacial score (nSPS) is 12.6. The molecule has 16 heavy (non-hydrogen) atoms. The summed E-state index contributed by atoms with van der Waals surface area (Å²) in [5.74, 6) is 1.03. The maximum absolute atomic E-state index is 5.53. The highest BCUT2D eigenvalue weighted by atomic mass is 16.3. The Morgan fingerprint density at radius 3 is 2.50 bits per heavy atom. The largest absolute Gasteiger partial charge is 0.467 e. The first-order valence-electron chi connectivity index (χ1n) is 5.56. The van der Waals surface area contributed by atoms with Crippen molar-refractivity contribution in [1.82, 2.24) is 5.32 Å². The van der Waals surface area contributed by atoms with Crippen molar-refractivity contribution in [3.05, 3.63) is 59.5 Å². The summed E-state index contributed by atoms with van der Waals surface area (Å²) in [5.41, 5.74) is 2.52. The number of rotatable bonds is 4. The Hall–Kier alpha value is -1.54. The van der Waals surface area contributed by atoms with Crippen LogP contribution in [-0.2, 0) is 6.42 Å². The van der Waals surface area contributed by atoms with Crippen molar-refractivity contribution in [3.63, 3.8) is 0 Å². The van der Waals surface area contributed by atoms with E-state index in [0.717, 1.165) is 12.2 Å². The van der Waals surface area contributed by atoms with E-state index in [9.17, 15) is 0 Å². The predicted molar refractivity (Wildman–Crippen MR) is 65.4 cm³/mol. The fourth-order valence-electron chi connectivity index (χ4n) is 1.92. The van der Waals surface area contributed by atoms with E-state index in [4.69, 9.17) is 4.42 Å². The van der Waals surface area contributed by atoms with Gasteiger partial charge in [-0.25, -0.2) is 0 Å². The predicted octanol–water partition coefficient (Wildman–Crippen LogP) is 3.09. The minimum atomic E-state index is 0.248. The molecule has 0 aliphatic heterocycles. The van der Waals surface area contributed by atoms with Crippen molar-refractivity contribution in [3.8, 4) is 0 Å². The minimum absolute atomic E-state index is 0.248. The van der Waals surface area contributed by atoms with E-state index in [1.165, 1.54) is 11.1 Å². The molecule has 84 valence electrons. The number of benzene rings is 1. The summed E-state index contributed by atoms with van der Waals surface area (Å²) in [7, 11) is 1.97. The van der Waals surface area contributed by atoms with Crippen LogP contribution in [0, 0.1) is 6.92 Å². The molecule has 1 unspecified atom stereocenters. The van der Waals surface area contributed by atoms with Crippen LogP contribution in [0.25, 0.3) is 0 Å². The van der Waals surface area contributed by atoms with Gasteiger partial charge >= 0.3 is 0 Å². The van der Waals surface area contributed by atoms with E-state index >= 15 is 0 Å². The lowest BCUT2D eigenvalue weighted by atomic mass is 10.0. The second-order valence-electron chi connectivity index (χ2n) is 4.00. The van der Waals surface area contributed by atoms with Gasteiger partial charge < -0.3 is 9.73 Å². The van der Waals surface area contributed by atoms with Gasteiger partial charge in [0.25, 0.3) is 0 Å². The SMILES string of the molecule is CNC(Cc1ccccc1)c1occc1C. The number of aryl methyl sites for hydroxylation is 1. The Morgan fingerprint density at radius 1 is 1.19 bits per heavy atom. The average Bonchev–Trinajstić information content (AvgIpc) is 2.74. The Morgan fingerprint density at radius 2 is 1.94 bits per heavy atom.